The molecular weight excluding hydrogens is 248 g/mol. The van der Waals surface area contributed by atoms with E-state index < -0.39 is 0 Å². The molecule has 2 aliphatic rings. The topological polar surface area (TPSA) is 47.1 Å². The quantitative estimate of drug-likeness (QED) is 0.922. The van der Waals surface area contributed by atoms with Gasteiger partial charge in [0.1, 0.15) is 5.82 Å². The van der Waals surface area contributed by atoms with Crippen molar-refractivity contribution < 1.29 is 0 Å². The number of rotatable bonds is 3. The zero-order valence-electron chi connectivity index (χ0n) is 12.9. The third kappa shape index (κ3) is 2.77. The van der Waals surface area contributed by atoms with Crippen molar-refractivity contribution >= 4 is 0 Å². The molecule has 4 heteroatoms. The summed E-state index contributed by atoms with van der Waals surface area (Å²) in [7, 11) is 0. The SMILES string of the molecule is CC(C)N1CCCCC1Cc1cn2c(n1)CCCC2N. The van der Waals surface area contributed by atoms with Crippen molar-refractivity contribution in [3.05, 3.63) is 17.7 Å². The number of fused-ring (bicyclic) bond motifs is 1. The minimum absolute atomic E-state index is 0.146. The van der Waals surface area contributed by atoms with E-state index in [0.29, 0.717) is 12.1 Å². The first-order valence-electron chi connectivity index (χ1n) is 8.23. The van der Waals surface area contributed by atoms with Gasteiger partial charge < -0.3 is 10.3 Å². The van der Waals surface area contributed by atoms with Crippen LogP contribution in [-0.2, 0) is 12.8 Å². The van der Waals surface area contributed by atoms with Crippen LogP contribution in [-0.4, -0.2) is 33.1 Å². The molecule has 0 saturated carbocycles. The van der Waals surface area contributed by atoms with Gasteiger partial charge in [-0.15, -0.1) is 0 Å². The molecule has 1 fully saturated rings. The Hall–Kier alpha value is -0.870. The molecule has 1 aromatic rings. The van der Waals surface area contributed by atoms with Gasteiger partial charge in [-0.05, 0) is 46.1 Å². The standard InChI is InChI=1S/C16H28N4/c1-12(2)19-9-4-3-6-14(19)10-13-11-20-15(17)7-5-8-16(20)18-13/h11-12,14-15H,3-10,17H2,1-2H3. The lowest BCUT2D eigenvalue weighted by Crippen LogP contribution is -2.45. The molecule has 1 saturated heterocycles. The lowest BCUT2D eigenvalue weighted by Gasteiger charge is -2.38. The molecule has 0 aromatic carbocycles. The number of piperidine rings is 1. The molecule has 2 N–H and O–H groups in total. The minimum atomic E-state index is 0.146. The van der Waals surface area contributed by atoms with Crippen LogP contribution in [0.4, 0.5) is 0 Å². The summed E-state index contributed by atoms with van der Waals surface area (Å²) in [5.74, 6) is 1.20. The van der Waals surface area contributed by atoms with E-state index in [4.69, 9.17) is 10.7 Å². The zero-order chi connectivity index (χ0) is 14.1. The molecular formula is C16H28N4. The average Bonchev–Trinajstić information content (AvgIpc) is 2.83. The van der Waals surface area contributed by atoms with Gasteiger partial charge in [-0.25, -0.2) is 4.98 Å². The summed E-state index contributed by atoms with van der Waals surface area (Å²) in [6.07, 6.45) is 10.8. The number of nitrogens with two attached hydrogens (primary N) is 1. The van der Waals surface area contributed by atoms with Gasteiger partial charge in [0.2, 0.25) is 0 Å². The van der Waals surface area contributed by atoms with Gasteiger partial charge in [-0.2, -0.15) is 0 Å². The predicted molar refractivity (Wildman–Crippen MR) is 81.6 cm³/mol. The number of hydrogen-bond acceptors (Lipinski definition) is 3. The number of nitrogens with zero attached hydrogens (tertiary/aromatic N) is 3. The van der Waals surface area contributed by atoms with E-state index in [1.54, 1.807) is 0 Å². The highest BCUT2D eigenvalue weighted by molar-refractivity contribution is 5.09. The number of hydrogen-bond donors (Lipinski definition) is 1. The van der Waals surface area contributed by atoms with Crippen molar-refractivity contribution in [3.8, 4) is 0 Å². The Balaban J connectivity index is 1.73. The maximum Gasteiger partial charge on any atom is 0.110 e. The first kappa shape index (κ1) is 14.1. The van der Waals surface area contributed by atoms with Gasteiger partial charge in [0, 0.05) is 31.1 Å². The van der Waals surface area contributed by atoms with Gasteiger partial charge in [-0.1, -0.05) is 6.42 Å². The first-order valence-corrected chi connectivity index (χ1v) is 8.23. The average molecular weight is 276 g/mol. The number of aromatic nitrogens is 2. The van der Waals surface area contributed by atoms with Gasteiger partial charge in [0.15, 0.2) is 0 Å². The summed E-state index contributed by atoms with van der Waals surface area (Å²) < 4.78 is 2.21. The normalized spacial score (nSPS) is 27.8. The molecule has 0 radical (unpaired) electrons. The van der Waals surface area contributed by atoms with E-state index >= 15 is 0 Å². The van der Waals surface area contributed by atoms with Gasteiger partial charge in [0.25, 0.3) is 0 Å². The molecule has 0 bridgehead atoms. The summed E-state index contributed by atoms with van der Waals surface area (Å²) >= 11 is 0. The molecule has 3 rings (SSSR count). The van der Waals surface area contributed by atoms with Crippen molar-refractivity contribution in [1.29, 1.82) is 0 Å². The highest BCUT2D eigenvalue weighted by Crippen LogP contribution is 2.25. The molecule has 2 atom stereocenters. The molecule has 20 heavy (non-hydrogen) atoms. The van der Waals surface area contributed by atoms with Crippen LogP contribution >= 0.6 is 0 Å². The Morgan fingerprint density at radius 2 is 2.15 bits per heavy atom. The van der Waals surface area contributed by atoms with Crippen molar-refractivity contribution in [2.24, 2.45) is 5.73 Å². The first-order chi connectivity index (χ1) is 9.65. The fourth-order valence-corrected chi connectivity index (χ4v) is 3.83. The van der Waals surface area contributed by atoms with Crippen molar-refractivity contribution in [2.45, 2.75) is 77.0 Å². The Morgan fingerprint density at radius 1 is 1.30 bits per heavy atom. The zero-order valence-corrected chi connectivity index (χ0v) is 12.9. The molecule has 3 heterocycles. The third-order valence-corrected chi connectivity index (χ3v) is 4.90. The molecule has 4 nitrogen and oxygen atoms in total. The summed E-state index contributed by atoms with van der Waals surface area (Å²) in [6, 6.07) is 1.30. The highest BCUT2D eigenvalue weighted by atomic mass is 15.2. The number of aryl methyl sites for hydroxylation is 1. The second-order valence-corrected chi connectivity index (χ2v) is 6.70. The van der Waals surface area contributed by atoms with E-state index in [1.165, 1.54) is 43.7 Å². The second-order valence-electron chi connectivity index (χ2n) is 6.70. The Kier molecular flexibility index (Phi) is 4.13. The van der Waals surface area contributed by atoms with Crippen LogP contribution in [0.3, 0.4) is 0 Å². The van der Waals surface area contributed by atoms with Crippen molar-refractivity contribution in [1.82, 2.24) is 14.5 Å². The predicted octanol–water partition coefficient (Wildman–Crippen LogP) is 2.48. The Morgan fingerprint density at radius 3 is 2.90 bits per heavy atom. The maximum absolute atomic E-state index is 6.18. The molecule has 2 aliphatic heterocycles. The van der Waals surface area contributed by atoms with E-state index in [2.05, 4.69) is 29.5 Å². The summed E-state index contributed by atoms with van der Waals surface area (Å²) in [6.45, 7) is 5.87. The fraction of sp³-hybridized carbons (Fsp3) is 0.812. The lowest BCUT2D eigenvalue weighted by atomic mass is 9.97. The van der Waals surface area contributed by atoms with Crippen LogP contribution in [0, 0.1) is 0 Å². The van der Waals surface area contributed by atoms with Crippen LogP contribution in [0.5, 0.6) is 0 Å². The molecule has 0 amide bonds. The Labute approximate surface area is 122 Å². The van der Waals surface area contributed by atoms with Crippen LogP contribution in [0.25, 0.3) is 0 Å². The lowest BCUT2D eigenvalue weighted by molar-refractivity contribution is 0.111. The molecule has 2 unspecified atom stereocenters. The summed E-state index contributed by atoms with van der Waals surface area (Å²) in [5.41, 5.74) is 7.43. The maximum atomic E-state index is 6.18. The summed E-state index contributed by atoms with van der Waals surface area (Å²) in [5, 5.41) is 0. The largest absolute Gasteiger partial charge is 0.319 e. The van der Waals surface area contributed by atoms with Crippen molar-refractivity contribution in [3.63, 3.8) is 0 Å². The molecule has 1 aromatic heterocycles. The molecule has 0 spiro atoms. The minimum Gasteiger partial charge on any atom is -0.319 e. The van der Waals surface area contributed by atoms with E-state index in [0.717, 1.165) is 19.3 Å². The van der Waals surface area contributed by atoms with E-state index in [-0.39, 0.29) is 6.17 Å². The van der Waals surface area contributed by atoms with Crippen LogP contribution in [0.2, 0.25) is 0 Å². The van der Waals surface area contributed by atoms with Gasteiger partial charge in [-0.3, -0.25) is 4.90 Å². The highest BCUT2D eigenvalue weighted by Gasteiger charge is 2.26. The van der Waals surface area contributed by atoms with Gasteiger partial charge in [0.05, 0.1) is 11.9 Å². The van der Waals surface area contributed by atoms with Gasteiger partial charge >= 0.3 is 0 Å². The van der Waals surface area contributed by atoms with Crippen LogP contribution < -0.4 is 5.73 Å². The van der Waals surface area contributed by atoms with Crippen LogP contribution in [0.1, 0.15) is 63.6 Å². The fourth-order valence-electron chi connectivity index (χ4n) is 3.83. The molecule has 112 valence electrons. The summed E-state index contributed by atoms with van der Waals surface area (Å²) in [4.78, 5) is 7.50. The second kappa shape index (κ2) is 5.86. The Bertz CT molecular complexity index is 451. The molecule has 0 aliphatic carbocycles. The number of imidazole rings is 1. The smallest absolute Gasteiger partial charge is 0.110 e. The third-order valence-electron chi connectivity index (χ3n) is 4.90. The van der Waals surface area contributed by atoms with Crippen molar-refractivity contribution in [2.75, 3.05) is 6.54 Å². The number of likely N-dealkylation sites (tertiary alicyclic amines) is 1. The van der Waals surface area contributed by atoms with Crippen LogP contribution in [0.15, 0.2) is 6.20 Å². The van der Waals surface area contributed by atoms with E-state index in [1.807, 2.05) is 0 Å². The monoisotopic (exact) mass is 276 g/mol. The van der Waals surface area contributed by atoms with E-state index in [9.17, 15) is 0 Å².